The molecule has 0 aromatic heterocycles. The maximum absolute atomic E-state index is 10.8. The summed E-state index contributed by atoms with van der Waals surface area (Å²) < 4.78 is 11.0. The lowest BCUT2D eigenvalue weighted by Gasteiger charge is -2.10. The van der Waals surface area contributed by atoms with E-state index in [1.165, 1.54) is 0 Å². The molecule has 17 heavy (non-hydrogen) atoms. The van der Waals surface area contributed by atoms with Gasteiger partial charge >= 0.3 is 5.97 Å². The number of benzene rings is 1. The van der Waals surface area contributed by atoms with Gasteiger partial charge in [0.25, 0.3) is 0 Å². The number of hydrogen-bond donors (Lipinski definition) is 1. The van der Waals surface area contributed by atoms with Crippen molar-refractivity contribution in [2.45, 2.75) is 25.6 Å². The fourth-order valence-electron chi connectivity index (χ4n) is 1.88. The zero-order valence-electron chi connectivity index (χ0n) is 9.59. The Hall–Kier alpha value is -1.39. The highest BCUT2D eigenvalue weighted by molar-refractivity contribution is 5.87. The van der Waals surface area contributed by atoms with Crippen LogP contribution in [0.5, 0.6) is 0 Å². The van der Waals surface area contributed by atoms with Gasteiger partial charge in [0.2, 0.25) is 0 Å². The van der Waals surface area contributed by atoms with E-state index >= 15 is 0 Å². The summed E-state index contributed by atoms with van der Waals surface area (Å²) in [7, 11) is 0. The Bertz CT molecular complexity index is 383. The Labute approximate surface area is 100 Å². The first-order chi connectivity index (χ1) is 8.25. The fourth-order valence-corrected chi connectivity index (χ4v) is 1.88. The molecule has 1 heterocycles. The van der Waals surface area contributed by atoms with Crippen molar-refractivity contribution >= 4 is 5.97 Å². The van der Waals surface area contributed by atoms with E-state index in [0.717, 1.165) is 25.0 Å². The number of carbonyl (C=O) groups is 1. The summed E-state index contributed by atoms with van der Waals surface area (Å²) in [4.78, 5) is 10.8. The van der Waals surface area contributed by atoms with Crippen LogP contribution in [0.3, 0.4) is 0 Å². The average molecular weight is 236 g/mol. The third kappa shape index (κ3) is 3.54. The van der Waals surface area contributed by atoms with Crippen LogP contribution in [0.4, 0.5) is 0 Å². The summed E-state index contributed by atoms with van der Waals surface area (Å²) in [6, 6.07) is 6.81. The van der Waals surface area contributed by atoms with Crippen LogP contribution in [0, 0.1) is 0 Å². The van der Waals surface area contributed by atoms with Crippen molar-refractivity contribution < 1.29 is 19.4 Å². The number of aromatic carboxylic acids is 1. The Morgan fingerprint density at radius 2 is 2.41 bits per heavy atom. The molecule has 1 fully saturated rings. The highest BCUT2D eigenvalue weighted by Crippen LogP contribution is 2.13. The summed E-state index contributed by atoms with van der Waals surface area (Å²) >= 11 is 0. The highest BCUT2D eigenvalue weighted by atomic mass is 16.5. The lowest BCUT2D eigenvalue weighted by atomic mass is 10.1. The van der Waals surface area contributed by atoms with Gasteiger partial charge < -0.3 is 14.6 Å². The van der Waals surface area contributed by atoms with Gasteiger partial charge in [-0.15, -0.1) is 0 Å². The van der Waals surface area contributed by atoms with Gasteiger partial charge in [0.1, 0.15) is 0 Å². The van der Waals surface area contributed by atoms with Gasteiger partial charge in [-0.1, -0.05) is 12.1 Å². The number of carboxylic acid groups (broad SMARTS) is 1. The molecule has 1 saturated heterocycles. The van der Waals surface area contributed by atoms with Crippen molar-refractivity contribution in [2.24, 2.45) is 0 Å². The first kappa shape index (κ1) is 12.1. The van der Waals surface area contributed by atoms with Crippen molar-refractivity contribution in [3.63, 3.8) is 0 Å². The maximum atomic E-state index is 10.8. The van der Waals surface area contributed by atoms with Crippen LogP contribution in [-0.4, -0.2) is 30.4 Å². The molecule has 2 rings (SSSR count). The van der Waals surface area contributed by atoms with Crippen LogP contribution < -0.4 is 0 Å². The van der Waals surface area contributed by atoms with Crippen molar-refractivity contribution in [3.8, 4) is 0 Å². The molecule has 0 saturated carbocycles. The van der Waals surface area contributed by atoms with Crippen molar-refractivity contribution in [3.05, 3.63) is 35.4 Å². The third-order valence-electron chi connectivity index (χ3n) is 2.77. The first-order valence-corrected chi connectivity index (χ1v) is 5.77. The molecule has 1 unspecified atom stereocenters. The second-order valence-electron chi connectivity index (χ2n) is 4.16. The number of hydrogen-bond acceptors (Lipinski definition) is 3. The molecule has 1 aromatic rings. The van der Waals surface area contributed by atoms with E-state index in [9.17, 15) is 4.79 Å². The molecule has 92 valence electrons. The van der Waals surface area contributed by atoms with Crippen LogP contribution in [0.25, 0.3) is 0 Å². The predicted octanol–water partition coefficient (Wildman–Crippen LogP) is 2.08. The predicted molar refractivity (Wildman–Crippen MR) is 62.0 cm³/mol. The molecule has 0 aliphatic carbocycles. The molecule has 0 radical (unpaired) electrons. The van der Waals surface area contributed by atoms with Gasteiger partial charge in [-0.2, -0.15) is 0 Å². The Kier molecular flexibility index (Phi) is 4.12. The molecule has 1 aliphatic heterocycles. The highest BCUT2D eigenvalue weighted by Gasteiger charge is 2.15. The van der Waals surface area contributed by atoms with Gasteiger partial charge in [-0.3, -0.25) is 0 Å². The molecule has 4 heteroatoms. The minimum atomic E-state index is -0.911. The largest absolute Gasteiger partial charge is 0.478 e. The second kappa shape index (κ2) is 5.80. The molecule has 1 aromatic carbocycles. The second-order valence-corrected chi connectivity index (χ2v) is 4.16. The molecule has 0 amide bonds. The number of rotatable bonds is 5. The standard InChI is InChI=1S/C13H16O4/c14-13(15)11-4-1-3-10(7-11)8-16-9-12-5-2-6-17-12/h1,3-4,7,12H,2,5-6,8-9H2,(H,14,15). The Morgan fingerprint density at radius 1 is 1.53 bits per heavy atom. The van der Waals surface area contributed by atoms with E-state index in [4.69, 9.17) is 14.6 Å². The normalized spacial score (nSPS) is 19.4. The third-order valence-corrected chi connectivity index (χ3v) is 2.77. The van der Waals surface area contributed by atoms with Crippen LogP contribution in [0.1, 0.15) is 28.8 Å². The summed E-state index contributed by atoms with van der Waals surface area (Å²) in [5, 5.41) is 8.85. The SMILES string of the molecule is O=C(O)c1cccc(COCC2CCCO2)c1. The molecule has 1 atom stereocenters. The van der Waals surface area contributed by atoms with E-state index in [-0.39, 0.29) is 6.10 Å². The Morgan fingerprint density at radius 3 is 3.12 bits per heavy atom. The van der Waals surface area contributed by atoms with Gasteiger partial charge in [-0.05, 0) is 30.5 Å². The van der Waals surface area contributed by atoms with Crippen LogP contribution in [-0.2, 0) is 16.1 Å². The zero-order chi connectivity index (χ0) is 12.1. The van der Waals surface area contributed by atoms with E-state index < -0.39 is 5.97 Å². The van der Waals surface area contributed by atoms with E-state index in [2.05, 4.69) is 0 Å². The Balaban J connectivity index is 1.81. The lowest BCUT2D eigenvalue weighted by molar-refractivity contribution is 0.0105. The minimum absolute atomic E-state index is 0.206. The lowest BCUT2D eigenvalue weighted by Crippen LogP contribution is -2.13. The first-order valence-electron chi connectivity index (χ1n) is 5.77. The molecule has 1 aliphatic rings. The summed E-state index contributed by atoms with van der Waals surface area (Å²) in [5.41, 5.74) is 1.17. The summed E-state index contributed by atoms with van der Waals surface area (Å²) in [5.74, 6) is -0.911. The molecular weight excluding hydrogens is 220 g/mol. The van der Waals surface area contributed by atoms with Gasteiger partial charge in [0.15, 0.2) is 0 Å². The van der Waals surface area contributed by atoms with Crippen molar-refractivity contribution in [1.82, 2.24) is 0 Å². The molecule has 0 bridgehead atoms. The van der Waals surface area contributed by atoms with Crippen LogP contribution in [0.15, 0.2) is 24.3 Å². The monoisotopic (exact) mass is 236 g/mol. The van der Waals surface area contributed by atoms with Gasteiger partial charge in [-0.25, -0.2) is 4.79 Å². The fraction of sp³-hybridized carbons (Fsp3) is 0.462. The van der Waals surface area contributed by atoms with E-state index in [1.807, 2.05) is 6.07 Å². The van der Waals surface area contributed by atoms with E-state index in [1.54, 1.807) is 18.2 Å². The molecule has 0 spiro atoms. The number of ether oxygens (including phenoxy) is 2. The molecule has 4 nitrogen and oxygen atoms in total. The zero-order valence-corrected chi connectivity index (χ0v) is 9.59. The van der Waals surface area contributed by atoms with Gasteiger partial charge in [0, 0.05) is 6.61 Å². The quantitative estimate of drug-likeness (QED) is 0.850. The van der Waals surface area contributed by atoms with Crippen molar-refractivity contribution in [2.75, 3.05) is 13.2 Å². The summed E-state index contributed by atoms with van der Waals surface area (Å²) in [6.07, 6.45) is 2.36. The smallest absolute Gasteiger partial charge is 0.335 e. The summed E-state index contributed by atoms with van der Waals surface area (Å²) in [6.45, 7) is 1.83. The van der Waals surface area contributed by atoms with Gasteiger partial charge in [0.05, 0.1) is 24.9 Å². The molecular formula is C13H16O4. The van der Waals surface area contributed by atoms with E-state index in [0.29, 0.717) is 18.8 Å². The minimum Gasteiger partial charge on any atom is -0.478 e. The van der Waals surface area contributed by atoms with Crippen LogP contribution in [0.2, 0.25) is 0 Å². The topological polar surface area (TPSA) is 55.8 Å². The van der Waals surface area contributed by atoms with Crippen molar-refractivity contribution in [1.29, 1.82) is 0 Å². The average Bonchev–Trinajstić information content (AvgIpc) is 2.82. The maximum Gasteiger partial charge on any atom is 0.335 e. The number of carboxylic acids is 1. The molecule has 1 N–H and O–H groups in total. The van der Waals surface area contributed by atoms with Crippen LogP contribution >= 0.6 is 0 Å².